The van der Waals surface area contributed by atoms with Gasteiger partial charge in [0, 0.05) is 46.0 Å². The van der Waals surface area contributed by atoms with E-state index in [9.17, 15) is 13.2 Å². The summed E-state index contributed by atoms with van der Waals surface area (Å²) in [7, 11) is 0. The molecule has 0 aliphatic rings. The minimum Gasteiger partial charge on any atom is -0.367 e. The van der Waals surface area contributed by atoms with Crippen molar-refractivity contribution in [3.8, 4) is 11.1 Å². The number of halogens is 5. The number of H-pyrrole nitrogens is 1. The molecule has 0 fully saturated rings. The minimum absolute atomic E-state index is 0.342. The molecule has 0 amide bonds. The molecule has 1 N–H and O–H groups in total. The molecule has 148 valence electrons. The van der Waals surface area contributed by atoms with Gasteiger partial charge in [-0.1, -0.05) is 41.4 Å². The van der Waals surface area contributed by atoms with Gasteiger partial charge in [0.1, 0.15) is 0 Å². The van der Waals surface area contributed by atoms with Gasteiger partial charge in [0.05, 0.1) is 17.9 Å². The molecule has 1 atom stereocenters. The summed E-state index contributed by atoms with van der Waals surface area (Å²) in [5.41, 5.74) is 2.37. The molecule has 2 aromatic carbocycles. The topological polar surface area (TPSA) is 33.6 Å². The molecule has 3 nitrogen and oxygen atoms in total. The Bertz CT molecular complexity index is 1120. The van der Waals surface area contributed by atoms with E-state index in [1.165, 1.54) is 12.1 Å². The highest BCUT2D eigenvalue weighted by Crippen LogP contribution is 2.39. The monoisotopic (exact) mass is 435 g/mol. The number of hydrogen-bond donors (Lipinski definition) is 1. The van der Waals surface area contributed by atoms with E-state index in [1.807, 2.05) is 16.8 Å². The second kappa shape index (κ2) is 7.61. The summed E-state index contributed by atoms with van der Waals surface area (Å²) in [4.78, 5) is 7.18. The smallest absolute Gasteiger partial charge is 0.367 e. The third kappa shape index (κ3) is 3.91. The number of aromatic nitrogens is 3. The number of benzene rings is 2. The van der Waals surface area contributed by atoms with Gasteiger partial charge in [0.15, 0.2) is 0 Å². The van der Waals surface area contributed by atoms with Gasteiger partial charge >= 0.3 is 6.18 Å². The SMILES string of the molecule is FC(F)(F)c1ccc(-c2c[nH]cc2C(c2ccc(Cl)cc2Cl)n2ccnc2)cc1. The highest BCUT2D eigenvalue weighted by atomic mass is 35.5. The van der Waals surface area contributed by atoms with Crippen LogP contribution in [0.4, 0.5) is 13.2 Å². The van der Waals surface area contributed by atoms with Crippen molar-refractivity contribution in [1.29, 1.82) is 0 Å². The van der Waals surface area contributed by atoms with Crippen molar-refractivity contribution in [2.24, 2.45) is 0 Å². The van der Waals surface area contributed by atoms with Crippen LogP contribution in [-0.2, 0) is 6.18 Å². The molecule has 0 aliphatic heterocycles. The van der Waals surface area contributed by atoms with Crippen molar-refractivity contribution >= 4 is 23.2 Å². The Morgan fingerprint density at radius 2 is 1.72 bits per heavy atom. The summed E-state index contributed by atoms with van der Waals surface area (Å²) in [5.74, 6) is 0. The van der Waals surface area contributed by atoms with Gasteiger partial charge in [-0.15, -0.1) is 0 Å². The number of alkyl halides is 3. The molecular formula is C21H14Cl2F3N3. The number of nitrogens with one attached hydrogen (secondary N) is 1. The van der Waals surface area contributed by atoms with Gasteiger partial charge in [-0.05, 0) is 35.4 Å². The summed E-state index contributed by atoms with van der Waals surface area (Å²) in [6, 6.07) is 9.98. The average molecular weight is 436 g/mol. The highest BCUT2D eigenvalue weighted by Gasteiger charge is 2.30. The largest absolute Gasteiger partial charge is 0.416 e. The van der Waals surface area contributed by atoms with Crippen LogP contribution < -0.4 is 0 Å². The summed E-state index contributed by atoms with van der Waals surface area (Å²) in [5, 5.41) is 0.996. The Balaban J connectivity index is 1.83. The zero-order chi connectivity index (χ0) is 20.6. The number of aromatic amines is 1. The zero-order valence-corrected chi connectivity index (χ0v) is 16.3. The van der Waals surface area contributed by atoms with Gasteiger partial charge < -0.3 is 9.55 Å². The molecule has 2 heterocycles. The molecule has 0 spiro atoms. The standard InChI is InChI=1S/C21H14Cl2F3N3/c22-15-5-6-16(19(23)9-15)20(29-8-7-27-12-29)18-11-28-10-17(18)13-1-3-14(4-2-13)21(24,25)26/h1-12,20,28H. The lowest BCUT2D eigenvalue weighted by Gasteiger charge is -2.21. The molecule has 0 saturated heterocycles. The number of nitrogens with zero attached hydrogens (tertiary/aromatic N) is 2. The minimum atomic E-state index is -4.38. The normalized spacial score (nSPS) is 12.9. The number of hydrogen-bond acceptors (Lipinski definition) is 1. The van der Waals surface area contributed by atoms with Crippen LogP contribution in [0, 0.1) is 0 Å². The Hall–Kier alpha value is -2.70. The van der Waals surface area contributed by atoms with Gasteiger partial charge in [-0.25, -0.2) is 4.98 Å². The van der Waals surface area contributed by atoms with Crippen LogP contribution in [0.5, 0.6) is 0 Å². The molecule has 4 rings (SSSR count). The van der Waals surface area contributed by atoms with Crippen LogP contribution in [0.1, 0.15) is 22.7 Å². The lowest BCUT2D eigenvalue weighted by atomic mass is 9.94. The van der Waals surface area contributed by atoms with Crippen molar-refractivity contribution in [3.63, 3.8) is 0 Å². The third-order valence-electron chi connectivity index (χ3n) is 4.68. The van der Waals surface area contributed by atoms with E-state index >= 15 is 0 Å². The fourth-order valence-electron chi connectivity index (χ4n) is 3.33. The molecule has 4 aromatic rings. The van der Waals surface area contributed by atoms with E-state index in [4.69, 9.17) is 23.2 Å². The summed E-state index contributed by atoms with van der Waals surface area (Å²) in [6.07, 6.45) is 4.31. The Kier molecular flexibility index (Phi) is 5.15. The van der Waals surface area contributed by atoms with Crippen molar-refractivity contribution < 1.29 is 13.2 Å². The molecule has 0 radical (unpaired) electrons. The van der Waals surface area contributed by atoms with Crippen molar-refractivity contribution in [3.05, 3.63) is 100 Å². The van der Waals surface area contributed by atoms with E-state index < -0.39 is 11.7 Å². The Labute approximate surface area is 174 Å². The first-order valence-corrected chi connectivity index (χ1v) is 9.37. The first-order valence-electron chi connectivity index (χ1n) is 8.61. The van der Waals surface area contributed by atoms with E-state index in [0.29, 0.717) is 15.6 Å². The molecule has 2 aromatic heterocycles. The second-order valence-corrected chi connectivity index (χ2v) is 7.32. The molecule has 29 heavy (non-hydrogen) atoms. The van der Waals surface area contributed by atoms with Crippen LogP contribution in [0.15, 0.2) is 73.6 Å². The lowest BCUT2D eigenvalue weighted by Crippen LogP contribution is -2.11. The predicted molar refractivity (Wildman–Crippen MR) is 107 cm³/mol. The second-order valence-electron chi connectivity index (χ2n) is 6.48. The number of rotatable bonds is 4. The molecule has 8 heteroatoms. The third-order valence-corrected chi connectivity index (χ3v) is 5.24. The first-order chi connectivity index (χ1) is 13.8. The highest BCUT2D eigenvalue weighted by molar-refractivity contribution is 6.35. The van der Waals surface area contributed by atoms with E-state index in [2.05, 4.69) is 9.97 Å². The van der Waals surface area contributed by atoms with E-state index in [1.54, 1.807) is 37.1 Å². The van der Waals surface area contributed by atoms with Gasteiger partial charge in [-0.3, -0.25) is 0 Å². The Morgan fingerprint density at radius 1 is 0.966 bits per heavy atom. The maximum absolute atomic E-state index is 12.9. The average Bonchev–Trinajstić information content (AvgIpc) is 3.36. The molecule has 0 aliphatic carbocycles. The first kappa shape index (κ1) is 19.6. The zero-order valence-electron chi connectivity index (χ0n) is 14.8. The lowest BCUT2D eigenvalue weighted by molar-refractivity contribution is -0.137. The van der Waals surface area contributed by atoms with E-state index in [-0.39, 0.29) is 6.04 Å². The van der Waals surface area contributed by atoms with Crippen molar-refractivity contribution in [2.45, 2.75) is 12.2 Å². The van der Waals surface area contributed by atoms with Crippen LogP contribution in [0.25, 0.3) is 11.1 Å². The van der Waals surface area contributed by atoms with Gasteiger partial charge in [-0.2, -0.15) is 13.2 Å². The fourth-order valence-corrected chi connectivity index (χ4v) is 3.84. The molecular weight excluding hydrogens is 422 g/mol. The van der Waals surface area contributed by atoms with Crippen molar-refractivity contribution in [1.82, 2.24) is 14.5 Å². The van der Waals surface area contributed by atoms with Crippen LogP contribution in [-0.4, -0.2) is 14.5 Å². The molecule has 0 saturated carbocycles. The van der Waals surface area contributed by atoms with Crippen LogP contribution in [0.2, 0.25) is 10.0 Å². The molecule has 1 unspecified atom stereocenters. The summed E-state index contributed by atoms with van der Waals surface area (Å²) >= 11 is 12.5. The number of imidazole rings is 1. The van der Waals surface area contributed by atoms with Gasteiger partial charge in [0.25, 0.3) is 0 Å². The molecule has 0 bridgehead atoms. The maximum atomic E-state index is 12.9. The fraction of sp³-hybridized carbons (Fsp3) is 0.0952. The van der Waals surface area contributed by atoms with Crippen LogP contribution >= 0.6 is 23.2 Å². The van der Waals surface area contributed by atoms with Gasteiger partial charge in [0.2, 0.25) is 0 Å². The predicted octanol–water partition coefficient (Wildman–Crippen LogP) is 6.84. The Morgan fingerprint density at radius 3 is 2.34 bits per heavy atom. The summed E-state index contributed by atoms with van der Waals surface area (Å²) in [6.45, 7) is 0. The maximum Gasteiger partial charge on any atom is 0.416 e. The van der Waals surface area contributed by atoms with E-state index in [0.717, 1.165) is 28.8 Å². The van der Waals surface area contributed by atoms with Crippen molar-refractivity contribution in [2.75, 3.05) is 0 Å². The summed E-state index contributed by atoms with van der Waals surface area (Å²) < 4.78 is 40.6. The quantitative estimate of drug-likeness (QED) is 0.373. The van der Waals surface area contributed by atoms with Crippen LogP contribution in [0.3, 0.4) is 0 Å².